The molecular formula is C17H27N3O. The van der Waals surface area contributed by atoms with E-state index in [-0.39, 0.29) is 5.91 Å². The highest BCUT2D eigenvalue weighted by Crippen LogP contribution is 2.21. The van der Waals surface area contributed by atoms with E-state index in [4.69, 9.17) is 0 Å². The fourth-order valence-corrected chi connectivity index (χ4v) is 2.91. The fraction of sp³-hybridized carbons (Fsp3) is 0.647. The number of aromatic nitrogens is 1. The Morgan fingerprint density at radius 1 is 1.33 bits per heavy atom. The Bertz CT molecular complexity index is 444. The molecule has 1 saturated heterocycles. The lowest BCUT2D eigenvalue weighted by molar-refractivity contribution is 0.0678. The number of likely N-dealkylation sites (tertiary alicyclic amines) is 1. The molecule has 1 aliphatic heterocycles. The number of carbonyl (C=O) groups excluding carboxylic acids is 1. The molecule has 1 aliphatic rings. The summed E-state index contributed by atoms with van der Waals surface area (Å²) in [7, 11) is 0. The van der Waals surface area contributed by atoms with Crippen molar-refractivity contribution in [2.75, 3.05) is 18.4 Å². The van der Waals surface area contributed by atoms with Crippen LogP contribution < -0.4 is 5.32 Å². The van der Waals surface area contributed by atoms with Gasteiger partial charge in [-0.05, 0) is 37.8 Å². The molecule has 1 aromatic rings. The Kier molecular flexibility index (Phi) is 6.03. The molecule has 1 N–H and O–H groups in total. The van der Waals surface area contributed by atoms with Crippen molar-refractivity contribution in [3.63, 3.8) is 0 Å². The van der Waals surface area contributed by atoms with Crippen LogP contribution in [-0.4, -0.2) is 34.9 Å². The first kappa shape index (κ1) is 15.8. The Labute approximate surface area is 127 Å². The number of rotatable bonds is 5. The molecule has 1 amide bonds. The molecule has 21 heavy (non-hydrogen) atoms. The van der Waals surface area contributed by atoms with Gasteiger partial charge < -0.3 is 10.2 Å². The van der Waals surface area contributed by atoms with Crippen molar-refractivity contribution in [3.8, 4) is 0 Å². The topological polar surface area (TPSA) is 45.2 Å². The third kappa shape index (κ3) is 4.19. The van der Waals surface area contributed by atoms with Crippen LogP contribution in [0.5, 0.6) is 0 Å². The molecule has 1 unspecified atom stereocenters. The first-order chi connectivity index (χ1) is 10.3. The Morgan fingerprint density at radius 3 is 2.86 bits per heavy atom. The molecule has 1 atom stereocenters. The lowest BCUT2D eigenvalue weighted by Crippen LogP contribution is -2.39. The summed E-state index contributed by atoms with van der Waals surface area (Å²) in [6.07, 6.45) is 8.53. The summed E-state index contributed by atoms with van der Waals surface area (Å²) in [6, 6.07) is 4.19. The monoisotopic (exact) mass is 289 g/mol. The van der Waals surface area contributed by atoms with Gasteiger partial charge >= 0.3 is 0 Å². The number of hydrogen-bond donors (Lipinski definition) is 1. The van der Waals surface area contributed by atoms with Gasteiger partial charge in [-0.3, -0.25) is 4.79 Å². The van der Waals surface area contributed by atoms with Crippen LogP contribution in [0.1, 0.15) is 62.7 Å². The minimum atomic E-state index is 0.137. The van der Waals surface area contributed by atoms with E-state index in [1.54, 1.807) is 6.20 Å². The molecule has 0 saturated carbocycles. The number of anilines is 1. The number of nitrogens with one attached hydrogen (secondary N) is 1. The van der Waals surface area contributed by atoms with Crippen LogP contribution in [0.2, 0.25) is 0 Å². The maximum absolute atomic E-state index is 12.7. The van der Waals surface area contributed by atoms with E-state index in [2.05, 4.69) is 29.0 Å². The minimum Gasteiger partial charge on any atom is -0.370 e. The van der Waals surface area contributed by atoms with E-state index in [1.807, 2.05) is 12.1 Å². The minimum absolute atomic E-state index is 0.137. The van der Waals surface area contributed by atoms with Crippen molar-refractivity contribution in [3.05, 3.63) is 23.9 Å². The van der Waals surface area contributed by atoms with Crippen molar-refractivity contribution in [1.82, 2.24) is 9.88 Å². The maximum Gasteiger partial charge on any atom is 0.255 e. The Hall–Kier alpha value is -1.58. The lowest BCUT2D eigenvalue weighted by atomic mass is 10.1. The summed E-state index contributed by atoms with van der Waals surface area (Å²) >= 11 is 0. The summed E-state index contributed by atoms with van der Waals surface area (Å²) in [6.45, 7) is 6.08. The third-order valence-corrected chi connectivity index (χ3v) is 4.18. The zero-order valence-electron chi connectivity index (χ0n) is 13.3. The Balaban J connectivity index is 2.06. The average Bonchev–Trinajstić information content (AvgIpc) is 2.78. The number of pyridine rings is 1. The van der Waals surface area contributed by atoms with E-state index in [1.165, 1.54) is 12.8 Å². The van der Waals surface area contributed by atoms with Crippen LogP contribution in [0.4, 0.5) is 5.82 Å². The molecular weight excluding hydrogens is 262 g/mol. The van der Waals surface area contributed by atoms with Gasteiger partial charge in [-0.2, -0.15) is 0 Å². The van der Waals surface area contributed by atoms with E-state index >= 15 is 0 Å². The second-order valence-corrected chi connectivity index (χ2v) is 5.77. The predicted molar refractivity (Wildman–Crippen MR) is 86.6 cm³/mol. The number of nitrogens with zero attached hydrogens (tertiary/aromatic N) is 2. The predicted octanol–water partition coefficient (Wildman–Crippen LogP) is 3.70. The summed E-state index contributed by atoms with van der Waals surface area (Å²) in [5.41, 5.74) is 0.706. The molecule has 0 aliphatic carbocycles. The second-order valence-electron chi connectivity index (χ2n) is 5.77. The maximum atomic E-state index is 12.7. The number of hydrogen-bond acceptors (Lipinski definition) is 3. The van der Waals surface area contributed by atoms with Crippen LogP contribution in [0.25, 0.3) is 0 Å². The number of amides is 1. The molecule has 2 heterocycles. The van der Waals surface area contributed by atoms with Gasteiger partial charge in [0.25, 0.3) is 5.91 Å². The van der Waals surface area contributed by atoms with E-state index < -0.39 is 0 Å². The highest BCUT2D eigenvalue weighted by atomic mass is 16.2. The molecule has 1 fully saturated rings. The van der Waals surface area contributed by atoms with Crippen molar-refractivity contribution in [1.29, 1.82) is 0 Å². The molecule has 0 spiro atoms. The smallest absolute Gasteiger partial charge is 0.255 e. The van der Waals surface area contributed by atoms with Gasteiger partial charge in [0.1, 0.15) is 5.82 Å². The largest absolute Gasteiger partial charge is 0.370 e. The van der Waals surface area contributed by atoms with Gasteiger partial charge in [0.2, 0.25) is 0 Å². The zero-order valence-corrected chi connectivity index (χ0v) is 13.3. The molecule has 116 valence electrons. The highest BCUT2D eigenvalue weighted by Gasteiger charge is 2.25. The molecule has 0 aromatic carbocycles. The quantitative estimate of drug-likeness (QED) is 0.899. The summed E-state index contributed by atoms with van der Waals surface area (Å²) in [4.78, 5) is 19.1. The van der Waals surface area contributed by atoms with E-state index in [9.17, 15) is 4.79 Å². The summed E-state index contributed by atoms with van der Waals surface area (Å²) < 4.78 is 0. The molecule has 4 nitrogen and oxygen atoms in total. The number of carbonyl (C=O) groups is 1. The van der Waals surface area contributed by atoms with Crippen LogP contribution in [0.15, 0.2) is 18.3 Å². The standard InChI is InChI=1S/C17H27N3O/c1-3-11-18-16-10-9-14(13-19-16)17(21)20-12-7-5-6-8-15(20)4-2/h9-10,13,15H,3-8,11-12H2,1-2H3,(H,18,19). The van der Waals surface area contributed by atoms with Crippen LogP contribution in [0.3, 0.4) is 0 Å². The Morgan fingerprint density at radius 2 is 2.19 bits per heavy atom. The highest BCUT2D eigenvalue weighted by molar-refractivity contribution is 5.94. The van der Waals surface area contributed by atoms with E-state index in [0.29, 0.717) is 11.6 Å². The molecule has 0 radical (unpaired) electrons. The average molecular weight is 289 g/mol. The van der Waals surface area contributed by atoms with Crippen molar-refractivity contribution < 1.29 is 4.79 Å². The fourth-order valence-electron chi connectivity index (χ4n) is 2.91. The lowest BCUT2D eigenvalue weighted by Gasteiger charge is -2.29. The first-order valence-electron chi connectivity index (χ1n) is 8.27. The van der Waals surface area contributed by atoms with Gasteiger partial charge in [0.15, 0.2) is 0 Å². The second kappa shape index (κ2) is 8.01. The van der Waals surface area contributed by atoms with Crippen molar-refractivity contribution in [2.24, 2.45) is 0 Å². The van der Waals surface area contributed by atoms with E-state index in [0.717, 1.165) is 44.6 Å². The molecule has 1 aromatic heterocycles. The van der Waals surface area contributed by atoms with Crippen molar-refractivity contribution >= 4 is 11.7 Å². The van der Waals surface area contributed by atoms with Gasteiger partial charge in [-0.1, -0.05) is 26.7 Å². The molecule has 0 bridgehead atoms. The van der Waals surface area contributed by atoms with Crippen molar-refractivity contribution in [2.45, 2.75) is 58.4 Å². The van der Waals surface area contributed by atoms with Crippen LogP contribution in [0, 0.1) is 0 Å². The summed E-state index contributed by atoms with van der Waals surface area (Å²) in [5.74, 6) is 0.981. The molecule has 2 rings (SSSR count). The zero-order chi connectivity index (χ0) is 15.1. The SMILES string of the molecule is CCCNc1ccc(C(=O)N2CCCCCC2CC)cn1. The summed E-state index contributed by atoms with van der Waals surface area (Å²) in [5, 5.41) is 3.23. The normalized spacial score (nSPS) is 19.1. The van der Waals surface area contributed by atoms with Gasteiger partial charge in [-0.15, -0.1) is 0 Å². The third-order valence-electron chi connectivity index (χ3n) is 4.18. The van der Waals surface area contributed by atoms with Crippen LogP contribution in [-0.2, 0) is 0 Å². The molecule has 4 heteroatoms. The van der Waals surface area contributed by atoms with Gasteiger partial charge in [0, 0.05) is 25.3 Å². The van der Waals surface area contributed by atoms with Crippen LogP contribution >= 0.6 is 0 Å². The first-order valence-corrected chi connectivity index (χ1v) is 8.27. The van der Waals surface area contributed by atoms with Gasteiger partial charge in [0.05, 0.1) is 5.56 Å². The van der Waals surface area contributed by atoms with Gasteiger partial charge in [-0.25, -0.2) is 4.98 Å².